The number of unbranched alkanes of at least 4 members (excludes halogenated alkanes) is 1. The van der Waals surface area contributed by atoms with Crippen LogP contribution in [0, 0.1) is 0 Å². The van der Waals surface area contributed by atoms with Crippen molar-refractivity contribution in [1.82, 2.24) is 14.9 Å². The summed E-state index contributed by atoms with van der Waals surface area (Å²) in [5.41, 5.74) is 2.82. The molecule has 1 atom stereocenters. The summed E-state index contributed by atoms with van der Waals surface area (Å²) in [5, 5.41) is 3.23. The second-order valence-electron chi connectivity index (χ2n) is 6.64. The maximum atomic E-state index is 12.8. The molecule has 1 N–H and O–H groups in total. The average molecular weight is 382 g/mol. The number of imidazole rings is 1. The Hall–Kier alpha value is -2.27. The number of carbonyl (C=O) groups excluding carboxylic acids is 1. The van der Waals surface area contributed by atoms with E-state index in [0.29, 0.717) is 5.56 Å². The fourth-order valence-corrected chi connectivity index (χ4v) is 3.72. The Bertz CT molecular complexity index is 876. The van der Waals surface area contributed by atoms with Gasteiger partial charge in [0.2, 0.25) is 0 Å². The Kier molecular flexibility index (Phi) is 6.93. The SMILES string of the molecule is CCCCn1c(C(CCSC)NC(=O)c2ccccc2)nc2ccccc21. The molecule has 4 nitrogen and oxygen atoms in total. The minimum absolute atomic E-state index is 0.0456. The van der Waals surface area contributed by atoms with Crippen LogP contribution in [0.15, 0.2) is 54.6 Å². The summed E-state index contributed by atoms with van der Waals surface area (Å²) in [6.07, 6.45) is 5.17. The van der Waals surface area contributed by atoms with Crippen molar-refractivity contribution in [2.24, 2.45) is 0 Å². The van der Waals surface area contributed by atoms with Crippen molar-refractivity contribution >= 4 is 28.7 Å². The third kappa shape index (κ3) is 4.72. The van der Waals surface area contributed by atoms with Gasteiger partial charge in [0.1, 0.15) is 5.82 Å². The number of carbonyl (C=O) groups is 1. The topological polar surface area (TPSA) is 46.9 Å². The molecule has 27 heavy (non-hydrogen) atoms. The first-order valence-electron chi connectivity index (χ1n) is 9.54. The normalized spacial score (nSPS) is 12.2. The lowest BCUT2D eigenvalue weighted by molar-refractivity contribution is 0.0933. The summed E-state index contributed by atoms with van der Waals surface area (Å²) in [5.74, 6) is 1.88. The molecule has 0 radical (unpaired) electrons. The molecule has 0 saturated carbocycles. The van der Waals surface area contributed by atoms with E-state index >= 15 is 0 Å². The predicted molar refractivity (Wildman–Crippen MR) is 114 cm³/mol. The number of rotatable bonds is 9. The Morgan fingerprint density at radius 3 is 2.63 bits per heavy atom. The highest BCUT2D eigenvalue weighted by molar-refractivity contribution is 7.98. The number of benzene rings is 2. The molecule has 0 aliphatic carbocycles. The molecule has 1 amide bonds. The van der Waals surface area contributed by atoms with Crippen molar-refractivity contribution in [3.05, 3.63) is 66.0 Å². The third-order valence-electron chi connectivity index (χ3n) is 4.68. The highest BCUT2D eigenvalue weighted by Crippen LogP contribution is 2.25. The molecular formula is C22H27N3OS. The van der Waals surface area contributed by atoms with Crippen LogP contribution in [-0.2, 0) is 6.54 Å². The van der Waals surface area contributed by atoms with Crippen LogP contribution < -0.4 is 5.32 Å². The highest BCUT2D eigenvalue weighted by atomic mass is 32.2. The van der Waals surface area contributed by atoms with Crippen molar-refractivity contribution in [2.45, 2.75) is 38.8 Å². The standard InChI is InChI=1S/C22H27N3OS/c1-3-4-15-25-20-13-9-8-12-18(20)23-21(25)19(14-16-27-2)24-22(26)17-10-6-5-7-11-17/h5-13,19H,3-4,14-16H2,1-2H3,(H,24,26). The molecule has 2 aromatic carbocycles. The van der Waals surface area contributed by atoms with Gasteiger partial charge in [-0.2, -0.15) is 11.8 Å². The second kappa shape index (κ2) is 9.60. The van der Waals surface area contributed by atoms with E-state index in [1.165, 1.54) is 0 Å². The van der Waals surface area contributed by atoms with E-state index in [-0.39, 0.29) is 11.9 Å². The van der Waals surface area contributed by atoms with Crippen LogP contribution in [-0.4, -0.2) is 27.5 Å². The van der Waals surface area contributed by atoms with E-state index in [1.54, 1.807) is 11.8 Å². The molecule has 3 aromatic rings. The summed E-state index contributed by atoms with van der Waals surface area (Å²) < 4.78 is 2.29. The van der Waals surface area contributed by atoms with Crippen molar-refractivity contribution in [3.8, 4) is 0 Å². The van der Waals surface area contributed by atoms with Gasteiger partial charge in [0.15, 0.2) is 0 Å². The zero-order valence-corrected chi connectivity index (χ0v) is 16.8. The number of hydrogen-bond donors (Lipinski definition) is 1. The van der Waals surface area contributed by atoms with Gasteiger partial charge in [-0.3, -0.25) is 4.79 Å². The molecule has 5 heteroatoms. The second-order valence-corrected chi connectivity index (χ2v) is 7.62. The van der Waals surface area contributed by atoms with E-state index in [9.17, 15) is 4.79 Å². The molecular weight excluding hydrogens is 354 g/mol. The molecule has 142 valence electrons. The summed E-state index contributed by atoms with van der Waals surface area (Å²) in [6.45, 7) is 3.12. The third-order valence-corrected chi connectivity index (χ3v) is 5.33. The van der Waals surface area contributed by atoms with Gasteiger partial charge in [0.25, 0.3) is 5.91 Å². The number of nitrogens with one attached hydrogen (secondary N) is 1. The Labute approximate surface area is 165 Å². The molecule has 0 fully saturated rings. The van der Waals surface area contributed by atoms with Crippen molar-refractivity contribution in [2.75, 3.05) is 12.0 Å². The molecule has 0 aliphatic rings. The summed E-state index contributed by atoms with van der Waals surface area (Å²) in [7, 11) is 0. The van der Waals surface area contributed by atoms with E-state index < -0.39 is 0 Å². The number of aryl methyl sites for hydroxylation is 1. The quantitative estimate of drug-likeness (QED) is 0.563. The maximum Gasteiger partial charge on any atom is 0.251 e. The fourth-order valence-electron chi connectivity index (χ4n) is 3.24. The Balaban J connectivity index is 1.95. The van der Waals surface area contributed by atoms with Gasteiger partial charge >= 0.3 is 0 Å². The lowest BCUT2D eigenvalue weighted by Gasteiger charge is -2.20. The number of amides is 1. The Morgan fingerprint density at radius 2 is 1.89 bits per heavy atom. The van der Waals surface area contributed by atoms with Crippen molar-refractivity contribution in [1.29, 1.82) is 0 Å². The molecule has 1 heterocycles. The van der Waals surface area contributed by atoms with Gasteiger partial charge in [0, 0.05) is 12.1 Å². The van der Waals surface area contributed by atoms with Crippen LogP contribution in [0.3, 0.4) is 0 Å². The molecule has 0 bridgehead atoms. The highest BCUT2D eigenvalue weighted by Gasteiger charge is 2.22. The molecule has 0 aliphatic heterocycles. The number of aromatic nitrogens is 2. The minimum Gasteiger partial charge on any atom is -0.342 e. The van der Waals surface area contributed by atoms with E-state index in [1.807, 2.05) is 42.5 Å². The van der Waals surface area contributed by atoms with Gasteiger partial charge in [-0.25, -0.2) is 4.98 Å². The van der Waals surface area contributed by atoms with Crippen LogP contribution in [0.1, 0.15) is 48.4 Å². The average Bonchev–Trinajstić information content (AvgIpc) is 3.08. The first kappa shape index (κ1) is 19.5. The lowest BCUT2D eigenvalue weighted by Crippen LogP contribution is -2.31. The number of para-hydroxylation sites is 2. The zero-order valence-electron chi connectivity index (χ0n) is 16.0. The van der Waals surface area contributed by atoms with Crippen LogP contribution in [0.4, 0.5) is 0 Å². The van der Waals surface area contributed by atoms with Gasteiger partial charge in [-0.15, -0.1) is 0 Å². The van der Waals surface area contributed by atoms with Crippen molar-refractivity contribution in [3.63, 3.8) is 0 Å². The lowest BCUT2D eigenvalue weighted by atomic mass is 10.1. The maximum absolute atomic E-state index is 12.8. The van der Waals surface area contributed by atoms with E-state index in [4.69, 9.17) is 4.98 Å². The first-order valence-corrected chi connectivity index (χ1v) is 10.9. The molecule has 1 aromatic heterocycles. The fraction of sp³-hybridized carbons (Fsp3) is 0.364. The Morgan fingerprint density at radius 1 is 1.15 bits per heavy atom. The van der Waals surface area contributed by atoms with Gasteiger partial charge in [-0.1, -0.05) is 43.7 Å². The van der Waals surface area contributed by atoms with Crippen LogP contribution in [0.2, 0.25) is 0 Å². The van der Waals surface area contributed by atoms with Gasteiger partial charge in [0.05, 0.1) is 17.1 Å². The monoisotopic (exact) mass is 381 g/mol. The summed E-state index contributed by atoms with van der Waals surface area (Å²) >= 11 is 1.79. The smallest absolute Gasteiger partial charge is 0.251 e. The van der Waals surface area contributed by atoms with E-state index in [2.05, 4.69) is 35.2 Å². The summed E-state index contributed by atoms with van der Waals surface area (Å²) in [6, 6.07) is 17.5. The molecule has 1 unspecified atom stereocenters. The minimum atomic E-state index is -0.102. The van der Waals surface area contributed by atoms with Crippen LogP contribution in [0.5, 0.6) is 0 Å². The summed E-state index contributed by atoms with van der Waals surface area (Å²) in [4.78, 5) is 17.7. The van der Waals surface area contributed by atoms with Crippen molar-refractivity contribution < 1.29 is 4.79 Å². The largest absolute Gasteiger partial charge is 0.342 e. The van der Waals surface area contributed by atoms with E-state index in [0.717, 1.165) is 48.4 Å². The van der Waals surface area contributed by atoms with Crippen LogP contribution >= 0.6 is 11.8 Å². The number of nitrogens with zero attached hydrogens (tertiary/aromatic N) is 2. The number of thioether (sulfide) groups is 1. The molecule has 0 saturated heterocycles. The predicted octanol–water partition coefficient (Wildman–Crippen LogP) is 5.06. The first-order chi connectivity index (χ1) is 13.2. The number of fused-ring (bicyclic) bond motifs is 1. The van der Waals surface area contributed by atoms with Gasteiger partial charge in [-0.05, 0) is 49.1 Å². The molecule has 0 spiro atoms. The zero-order chi connectivity index (χ0) is 19.1. The van der Waals surface area contributed by atoms with Crippen LogP contribution in [0.25, 0.3) is 11.0 Å². The molecule has 3 rings (SSSR count). The van der Waals surface area contributed by atoms with Gasteiger partial charge < -0.3 is 9.88 Å². The number of hydrogen-bond acceptors (Lipinski definition) is 3.